The van der Waals surface area contributed by atoms with Crippen molar-refractivity contribution in [2.24, 2.45) is 0 Å². The molecule has 0 aliphatic carbocycles. The van der Waals surface area contributed by atoms with Crippen molar-refractivity contribution in [2.45, 2.75) is 12.8 Å². The molecule has 0 radical (unpaired) electrons. The van der Waals surface area contributed by atoms with Crippen LogP contribution in [0.2, 0.25) is 0 Å². The Morgan fingerprint density at radius 1 is 1.35 bits per heavy atom. The lowest BCUT2D eigenvalue weighted by molar-refractivity contribution is -0.274. The van der Waals surface area contributed by atoms with Gasteiger partial charge >= 0.3 is 6.36 Å². The van der Waals surface area contributed by atoms with Crippen LogP contribution in [0.5, 0.6) is 5.75 Å². The smallest absolute Gasteiger partial charge is 0.405 e. The van der Waals surface area contributed by atoms with Crippen molar-refractivity contribution in [3.8, 4) is 5.75 Å². The van der Waals surface area contributed by atoms with Crippen molar-refractivity contribution >= 4 is 37.6 Å². The molecular formula is C10H7Br2F3O2. The minimum absolute atomic E-state index is 0.0883. The zero-order chi connectivity index (χ0) is 13.1. The first-order valence-corrected chi connectivity index (χ1v) is 6.35. The summed E-state index contributed by atoms with van der Waals surface area (Å²) in [6, 6.07) is 4.03. The van der Waals surface area contributed by atoms with E-state index in [-0.39, 0.29) is 28.8 Å². The number of carbonyl (C=O) groups is 1. The van der Waals surface area contributed by atoms with Crippen molar-refractivity contribution in [3.05, 3.63) is 28.2 Å². The third kappa shape index (κ3) is 5.08. The van der Waals surface area contributed by atoms with Crippen LogP contribution in [-0.4, -0.2) is 17.5 Å². The Hall–Kier alpha value is -0.560. The molecule has 0 amide bonds. The molecule has 0 aliphatic heterocycles. The van der Waals surface area contributed by atoms with Gasteiger partial charge in [0.1, 0.15) is 11.5 Å². The molecule has 0 unspecified atom stereocenters. The predicted octanol–water partition coefficient (Wildman–Crippen LogP) is 3.85. The first-order valence-electron chi connectivity index (χ1n) is 4.43. The van der Waals surface area contributed by atoms with Gasteiger partial charge in [-0.2, -0.15) is 0 Å². The van der Waals surface area contributed by atoms with Gasteiger partial charge in [0.15, 0.2) is 0 Å². The van der Waals surface area contributed by atoms with Crippen molar-refractivity contribution in [1.29, 1.82) is 0 Å². The fraction of sp³-hybridized carbons (Fsp3) is 0.300. The van der Waals surface area contributed by atoms with E-state index in [1.807, 2.05) is 0 Å². The highest BCUT2D eigenvalue weighted by Crippen LogP contribution is 2.29. The average Bonchev–Trinajstić information content (AvgIpc) is 2.20. The molecule has 1 aromatic rings. The molecule has 0 aliphatic rings. The van der Waals surface area contributed by atoms with E-state index < -0.39 is 6.36 Å². The van der Waals surface area contributed by atoms with Crippen LogP contribution in [0.4, 0.5) is 13.2 Å². The maximum Gasteiger partial charge on any atom is 0.573 e. The van der Waals surface area contributed by atoms with Crippen molar-refractivity contribution in [3.63, 3.8) is 0 Å². The molecule has 0 atom stereocenters. The minimum Gasteiger partial charge on any atom is -0.405 e. The van der Waals surface area contributed by atoms with Crippen LogP contribution in [0.25, 0.3) is 0 Å². The second kappa shape index (κ2) is 5.86. The van der Waals surface area contributed by atoms with Gasteiger partial charge < -0.3 is 4.74 Å². The monoisotopic (exact) mass is 374 g/mol. The van der Waals surface area contributed by atoms with Crippen LogP contribution in [0.3, 0.4) is 0 Å². The van der Waals surface area contributed by atoms with E-state index in [1.54, 1.807) is 0 Å². The molecule has 0 saturated carbocycles. The first kappa shape index (κ1) is 14.5. The van der Waals surface area contributed by atoms with Crippen molar-refractivity contribution in [2.75, 3.05) is 5.33 Å². The predicted molar refractivity (Wildman–Crippen MR) is 63.3 cm³/mol. The number of hydrogen-bond donors (Lipinski definition) is 0. The van der Waals surface area contributed by atoms with Gasteiger partial charge in [0.2, 0.25) is 0 Å². The van der Waals surface area contributed by atoms with Gasteiger partial charge in [-0.25, -0.2) is 0 Å². The lowest BCUT2D eigenvalue weighted by atomic mass is 10.1. The first-order chi connectivity index (χ1) is 7.81. The number of alkyl halides is 4. The number of hydrogen-bond acceptors (Lipinski definition) is 2. The number of benzene rings is 1. The number of ketones is 1. The standard InChI is InChI=1S/C10H7Br2F3O2/c11-5-8(16)4-6-3-7(12)1-2-9(6)17-10(13,14)15/h1-3H,4-5H2. The van der Waals surface area contributed by atoms with E-state index in [9.17, 15) is 18.0 Å². The van der Waals surface area contributed by atoms with Gasteiger partial charge in [0.25, 0.3) is 0 Å². The summed E-state index contributed by atoms with van der Waals surface area (Å²) in [5.41, 5.74) is 0.196. The van der Waals surface area contributed by atoms with E-state index in [1.165, 1.54) is 18.2 Å². The van der Waals surface area contributed by atoms with Gasteiger partial charge in [0.05, 0.1) is 5.33 Å². The summed E-state index contributed by atoms with van der Waals surface area (Å²) in [6.07, 6.45) is -4.88. The fourth-order valence-electron chi connectivity index (χ4n) is 1.17. The molecule has 0 heterocycles. The lowest BCUT2D eigenvalue weighted by Gasteiger charge is -2.13. The van der Waals surface area contributed by atoms with Crippen LogP contribution < -0.4 is 4.74 Å². The van der Waals surface area contributed by atoms with E-state index in [0.717, 1.165) is 0 Å². The number of carbonyl (C=O) groups excluding carboxylic acids is 1. The lowest BCUT2D eigenvalue weighted by Crippen LogP contribution is -2.18. The largest absolute Gasteiger partial charge is 0.573 e. The van der Waals surface area contributed by atoms with E-state index >= 15 is 0 Å². The van der Waals surface area contributed by atoms with Gasteiger partial charge in [0, 0.05) is 16.5 Å². The SMILES string of the molecule is O=C(CBr)Cc1cc(Br)ccc1OC(F)(F)F. The highest BCUT2D eigenvalue weighted by atomic mass is 79.9. The Labute approximate surface area is 112 Å². The highest BCUT2D eigenvalue weighted by Gasteiger charge is 2.32. The zero-order valence-corrected chi connectivity index (χ0v) is 11.5. The molecule has 0 aromatic heterocycles. The van der Waals surface area contributed by atoms with E-state index in [2.05, 4.69) is 36.6 Å². The second-order valence-electron chi connectivity index (χ2n) is 3.15. The Kier molecular flexibility index (Phi) is 5.00. The Morgan fingerprint density at radius 3 is 2.53 bits per heavy atom. The van der Waals surface area contributed by atoms with Crippen LogP contribution in [0.1, 0.15) is 5.56 Å². The van der Waals surface area contributed by atoms with E-state index in [4.69, 9.17) is 0 Å². The topological polar surface area (TPSA) is 26.3 Å². The third-order valence-corrected chi connectivity index (χ3v) is 2.90. The molecular weight excluding hydrogens is 369 g/mol. The molecule has 1 rings (SSSR count). The van der Waals surface area contributed by atoms with Crippen LogP contribution in [0, 0.1) is 0 Å². The third-order valence-electron chi connectivity index (χ3n) is 1.78. The average molecular weight is 376 g/mol. The molecule has 2 nitrogen and oxygen atoms in total. The van der Waals surface area contributed by atoms with Crippen LogP contribution >= 0.6 is 31.9 Å². The molecule has 17 heavy (non-hydrogen) atoms. The molecule has 0 bridgehead atoms. The summed E-state index contributed by atoms with van der Waals surface area (Å²) < 4.78 is 40.8. The Morgan fingerprint density at radius 2 is 2.00 bits per heavy atom. The quantitative estimate of drug-likeness (QED) is 0.747. The summed E-state index contributed by atoms with van der Waals surface area (Å²) in [7, 11) is 0. The van der Waals surface area contributed by atoms with Gasteiger partial charge in [-0.3, -0.25) is 4.79 Å². The molecule has 0 N–H and O–H groups in total. The second-order valence-corrected chi connectivity index (χ2v) is 4.63. The highest BCUT2D eigenvalue weighted by molar-refractivity contribution is 9.10. The number of rotatable bonds is 4. The van der Waals surface area contributed by atoms with Gasteiger partial charge in [-0.15, -0.1) is 13.2 Å². The van der Waals surface area contributed by atoms with Crippen molar-refractivity contribution < 1.29 is 22.7 Å². The fourth-order valence-corrected chi connectivity index (χ4v) is 1.78. The molecule has 0 fully saturated rings. The van der Waals surface area contributed by atoms with Crippen LogP contribution in [0.15, 0.2) is 22.7 Å². The maximum atomic E-state index is 12.1. The molecule has 7 heteroatoms. The summed E-state index contributed by atoms with van der Waals surface area (Å²) in [6.45, 7) is 0. The molecule has 1 aromatic carbocycles. The molecule has 94 valence electrons. The zero-order valence-electron chi connectivity index (χ0n) is 8.35. The molecule has 0 saturated heterocycles. The summed E-state index contributed by atoms with van der Waals surface area (Å²) in [4.78, 5) is 11.2. The number of halogens is 5. The summed E-state index contributed by atoms with van der Waals surface area (Å²) in [5.74, 6) is -0.579. The summed E-state index contributed by atoms with van der Waals surface area (Å²) in [5, 5.41) is 0.0883. The maximum absolute atomic E-state index is 12.1. The Balaban J connectivity index is 2.99. The Bertz CT molecular complexity index is 419. The number of ether oxygens (including phenoxy) is 1. The van der Waals surface area contributed by atoms with Gasteiger partial charge in [-0.1, -0.05) is 31.9 Å². The normalized spacial score (nSPS) is 11.4. The van der Waals surface area contributed by atoms with Gasteiger partial charge in [-0.05, 0) is 18.2 Å². The molecule has 0 spiro atoms. The van der Waals surface area contributed by atoms with Crippen LogP contribution in [-0.2, 0) is 11.2 Å². The summed E-state index contributed by atoms with van der Waals surface area (Å²) >= 11 is 6.08. The minimum atomic E-state index is -4.76. The van der Waals surface area contributed by atoms with E-state index in [0.29, 0.717) is 4.47 Å². The van der Waals surface area contributed by atoms with Crippen molar-refractivity contribution in [1.82, 2.24) is 0 Å². The number of Topliss-reactive ketones (excluding diaryl/α,β-unsaturated/α-hetero) is 1.